The van der Waals surface area contributed by atoms with E-state index >= 15 is 0 Å². The predicted molar refractivity (Wildman–Crippen MR) is 125 cm³/mol. The first-order chi connectivity index (χ1) is 15.3. The zero-order valence-electron chi connectivity index (χ0n) is 17.6. The van der Waals surface area contributed by atoms with Crippen LogP contribution < -0.4 is 9.64 Å². The van der Waals surface area contributed by atoms with Crippen LogP contribution in [0, 0.1) is 0 Å². The van der Waals surface area contributed by atoms with E-state index in [9.17, 15) is 0 Å². The summed E-state index contributed by atoms with van der Waals surface area (Å²) in [5, 5.41) is 2.61. The molecule has 0 amide bonds. The lowest BCUT2D eigenvalue weighted by atomic mass is 10.1. The van der Waals surface area contributed by atoms with Crippen molar-refractivity contribution in [1.82, 2.24) is 14.9 Å². The largest absolute Gasteiger partial charge is 0.493 e. The second-order valence-electron chi connectivity index (χ2n) is 8.46. The summed E-state index contributed by atoms with van der Waals surface area (Å²) in [6.45, 7) is 5.85. The number of rotatable bonds is 4. The van der Waals surface area contributed by atoms with Crippen molar-refractivity contribution in [2.24, 2.45) is 0 Å². The molecule has 1 aromatic heterocycles. The molecule has 0 bridgehead atoms. The van der Waals surface area contributed by atoms with Gasteiger partial charge in [0.25, 0.3) is 0 Å². The molecular weight excluding hydrogens is 384 g/mol. The number of benzene rings is 3. The monoisotopic (exact) mass is 410 g/mol. The molecule has 156 valence electrons. The number of anilines is 1. The van der Waals surface area contributed by atoms with E-state index in [0.717, 1.165) is 68.6 Å². The molecule has 0 saturated carbocycles. The molecule has 1 saturated heterocycles. The van der Waals surface area contributed by atoms with Gasteiger partial charge in [0.2, 0.25) is 0 Å². The van der Waals surface area contributed by atoms with Gasteiger partial charge in [0.1, 0.15) is 11.6 Å². The van der Waals surface area contributed by atoms with Crippen LogP contribution in [0.4, 0.5) is 5.69 Å². The third-order valence-electron chi connectivity index (χ3n) is 6.45. The van der Waals surface area contributed by atoms with Crippen molar-refractivity contribution in [2.75, 3.05) is 37.7 Å². The molecule has 0 unspecified atom stereocenters. The molecule has 0 radical (unpaired) electrons. The highest BCUT2D eigenvalue weighted by Gasteiger charge is 2.19. The lowest BCUT2D eigenvalue weighted by Crippen LogP contribution is -2.46. The minimum Gasteiger partial charge on any atom is -0.493 e. The molecule has 1 N–H and O–H groups in total. The normalized spacial score (nSPS) is 16.5. The zero-order chi connectivity index (χ0) is 20.6. The number of H-pyrrole nitrogens is 1. The average molecular weight is 411 g/mol. The van der Waals surface area contributed by atoms with Gasteiger partial charge in [-0.2, -0.15) is 0 Å². The number of aromatic amines is 1. The van der Waals surface area contributed by atoms with Gasteiger partial charge < -0.3 is 14.6 Å². The molecule has 3 heterocycles. The van der Waals surface area contributed by atoms with Crippen LogP contribution in [-0.2, 0) is 13.0 Å². The van der Waals surface area contributed by atoms with Crippen LogP contribution in [-0.4, -0.2) is 47.7 Å². The number of imidazole rings is 1. The maximum Gasteiger partial charge on any atom is 0.137 e. The van der Waals surface area contributed by atoms with Crippen LogP contribution in [0.2, 0.25) is 0 Å². The Labute approximate surface area is 182 Å². The average Bonchev–Trinajstić information content (AvgIpc) is 3.48. The van der Waals surface area contributed by atoms with Crippen LogP contribution in [0.1, 0.15) is 11.3 Å². The Hall–Kier alpha value is -3.31. The molecule has 1 fully saturated rings. The van der Waals surface area contributed by atoms with E-state index < -0.39 is 0 Å². The summed E-state index contributed by atoms with van der Waals surface area (Å²) in [4.78, 5) is 13.2. The molecule has 0 spiro atoms. The van der Waals surface area contributed by atoms with Gasteiger partial charge in [0.05, 0.1) is 12.3 Å². The van der Waals surface area contributed by atoms with Crippen molar-refractivity contribution < 1.29 is 4.74 Å². The smallest absolute Gasteiger partial charge is 0.137 e. The van der Waals surface area contributed by atoms with E-state index in [2.05, 4.69) is 81.6 Å². The van der Waals surface area contributed by atoms with Crippen molar-refractivity contribution in [2.45, 2.75) is 13.0 Å². The molecule has 4 aromatic rings. The van der Waals surface area contributed by atoms with Gasteiger partial charge in [0.15, 0.2) is 0 Å². The van der Waals surface area contributed by atoms with Gasteiger partial charge >= 0.3 is 0 Å². The van der Waals surface area contributed by atoms with Gasteiger partial charge in [-0.3, -0.25) is 4.90 Å². The zero-order valence-corrected chi connectivity index (χ0v) is 17.6. The summed E-state index contributed by atoms with van der Waals surface area (Å²) in [6, 6.07) is 21.7. The number of hydrogen-bond donors (Lipinski definition) is 1. The maximum absolute atomic E-state index is 5.62. The third kappa shape index (κ3) is 3.66. The number of fused-ring (bicyclic) bond motifs is 2. The second kappa shape index (κ2) is 7.75. The van der Waals surface area contributed by atoms with Crippen LogP contribution in [0.3, 0.4) is 0 Å². The lowest BCUT2D eigenvalue weighted by Gasteiger charge is -2.35. The molecule has 5 heteroatoms. The fourth-order valence-corrected chi connectivity index (χ4v) is 4.69. The van der Waals surface area contributed by atoms with Crippen molar-refractivity contribution in [1.29, 1.82) is 0 Å². The van der Waals surface area contributed by atoms with E-state index in [-0.39, 0.29) is 0 Å². The van der Waals surface area contributed by atoms with Gasteiger partial charge in [-0.1, -0.05) is 30.3 Å². The number of piperazine rings is 1. The summed E-state index contributed by atoms with van der Waals surface area (Å²) in [7, 11) is 0. The van der Waals surface area contributed by atoms with Crippen LogP contribution in [0.25, 0.3) is 22.2 Å². The highest BCUT2D eigenvalue weighted by atomic mass is 16.5. The number of ether oxygens (including phenoxy) is 1. The summed E-state index contributed by atoms with van der Waals surface area (Å²) in [5.41, 5.74) is 4.84. The molecule has 5 nitrogen and oxygen atoms in total. The molecule has 6 rings (SSSR count). The molecule has 3 aromatic carbocycles. The topological polar surface area (TPSA) is 44.4 Å². The standard InChI is InChI=1S/C26H26N4O/c1-2-4-20-16-24(7-5-19(20)3-1)30-12-10-29(11-13-30)18-23-17-27-26(28-23)22-6-8-25-21(15-22)9-14-31-25/h1-8,15-17H,9-14,18H2,(H,27,28). The number of aromatic nitrogens is 2. The maximum atomic E-state index is 5.62. The van der Waals surface area contributed by atoms with Crippen molar-refractivity contribution in [3.8, 4) is 17.1 Å². The highest BCUT2D eigenvalue weighted by Crippen LogP contribution is 2.29. The molecule has 31 heavy (non-hydrogen) atoms. The predicted octanol–water partition coefficient (Wildman–Crippen LogP) is 4.49. The summed E-state index contributed by atoms with van der Waals surface area (Å²) in [6.07, 6.45) is 3.03. The summed E-state index contributed by atoms with van der Waals surface area (Å²) in [5.74, 6) is 1.96. The third-order valence-corrected chi connectivity index (χ3v) is 6.45. The number of nitrogens with one attached hydrogen (secondary N) is 1. The fourth-order valence-electron chi connectivity index (χ4n) is 4.69. The van der Waals surface area contributed by atoms with Gasteiger partial charge in [-0.05, 0) is 46.7 Å². The lowest BCUT2D eigenvalue weighted by molar-refractivity contribution is 0.247. The van der Waals surface area contributed by atoms with Crippen molar-refractivity contribution >= 4 is 16.5 Å². The van der Waals surface area contributed by atoms with Gasteiger partial charge in [-0.15, -0.1) is 0 Å². The summed E-state index contributed by atoms with van der Waals surface area (Å²) < 4.78 is 5.62. The molecule has 0 atom stereocenters. The highest BCUT2D eigenvalue weighted by molar-refractivity contribution is 5.85. The van der Waals surface area contributed by atoms with E-state index in [0.29, 0.717) is 0 Å². The van der Waals surface area contributed by atoms with E-state index in [4.69, 9.17) is 9.72 Å². The first-order valence-corrected chi connectivity index (χ1v) is 11.1. The number of nitrogens with zero attached hydrogens (tertiary/aromatic N) is 3. The van der Waals surface area contributed by atoms with Crippen LogP contribution >= 0.6 is 0 Å². The minimum atomic E-state index is 0.785. The quantitative estimate of drug-likeness (QED) is 0.539. The molecule has 0 aliphatic carbocycles. The molecule has 2 aliphatic heterocycles. The Bertz CT molecular complexity index is 1220. The fraction of sp³-hybridized carbons (Fsp3) is 0.269. The SMILES string of the molecule is c1ccc2cc(N3CCN(Cc4c[nH]c(-c5ccc6c(c5)CCO6)n4)CC3)ccc2c1. The Balaban J connectivity index is 1.10. The van der Waals surface area contributed by atoms with E-state index in [1.54, 1.807) is 0 Å². The number of hydrogen-bond acceptors (Lipinski definition) is 4. The Kier molecular flexibility index (Phi) is 4.61. The van der Waals surface area contributed by atoms with Gasteiger partial charge in [-0.25, -0.2) is 4.98 Å². The Morgan fingerprint density at radius 1 is 0.903 bits per heavy atom. The van der Waals surface area contributed by atoms with Crippen molar-refractivity contribution in [3.05, 3.63) is 78.1 Å². The minimum absolute atomic E-state index is 0.785. The second-order valence-corrected chi connectivity index (χ2v) is 8.46. The summed E-state index contributed by atoms with van der Waals surface area (Å²) >= 11 is 0. The first kappa shape index (κ1) is 18.5. The van der Waals surface area contributed by atoms with Gasteiger partial charge in [0, 0.05) is 56.6 Å². The van der Waals surface area contributed by atoms with Crippen LogP contribution in [0.5, 0.6) is 5.75 Å². The van der Waals surface area contributed by atoms with E-state index in [1.807, 2.05) is 0 Å². The van der Waals surface area contributed by atoms with E-state index in [1.165, 1.54) is 22.0 Å². The van der Waals surface area contributed by atoms with Crippen molar-refractivity contribution in [3.63, 3.8) is 0 Å². The Morgan fingerprint density at radius 2 is 1.77 bits per heavy atom. The molecular formula is C26H26N4O. The first-order valence-electron chi connectivity index (χ1n) is 11.1. The molecule has 2 aliphatic rings. The Morgan fingerprint density at radius 3 is 2.68 bits per heavy atom. The van der Waals surface area contributed by atoms with Crippen LogP contribution in [0.15, 0.2) is 66.9 Å².